The Hall–Kier alpha value is -2.08. The molecule has 1 N–H and O–H groups in total. The monoisotopic (exact) mass is 352 g/mol. The van der Waals surface area contributed by atoms with Gasteiger partial charge in [0.2, 0.25) is 0 Å². The van der Waals surface area contributed by atoms with Crippen molar-refractivity contribution in [2.24, 2.45) is 5.10 Å². The van der Waals surface area contributed by atoms with Crippen LogP contribution in [0.4, 0.5) is 10.1 Å². The number of hydrazone groups is 1. The molecule has 0 atom stereocenters. The first-order valence-corrected chi connectivity index (χ1v) is 6.89. The van der Waals surface area contributed by atoms with Gasteiger partial charge < -0.3 is 9.47 Å². The van der Waals surface area contributed by atoms with E-state index in [0.717, 1.165) is 10.0 Å². The Morgan fingerprint density at radius 1 is 1.10 bits per heavy atom. The molecule has 21 heavy (non-hydrogen) atoms. The number of ether oxygens (including phenoxy) is 2. The van der Waals surface area contributed by atoms with Crippen molar-refractivity contribution in [3.63, 3.8) is 0 Å². The summed E-state index contributed by atoms with van der Waals surface area (Å²) in [5.41, 5.74) is 4.34. The molecule has 2 aromatic carbocycles. The van der Waals surface area contributed by atoms with Gasteiger partial charge in [0.1, 0.15) is 5.82 Å². The third-order valence-corrected chi connectivity index (χ3v) is 3.43. The van der Waals surface area contributed by atoms with Gasteiger partial charge in [-0.05, 0) is 52.3 Å². The van der Waals surface area contributed by atoms with Gasteiger partial charge in [-0.2, -0.15) is 5.10 Å². The topological polar surface area (TPSA) is 42.8 Å². The van der Waals surface area contributed by atoms with Gasteiger partial charge in [-0.3, -0.25) is 5.43 Å². The molecule has 0 aromatic heterocycles. The first kappa shape index (κ1) is 15.3. The number of hydrogen-bond donors (Lipinski definition) is 1. The molecule has 2 rings (SSSR count). The van der Waals surface area contributed by atoms with Crippen LogP contribution in [0.1, 0.15) is 5.56 Å². The highest BCUT2D eigenvalue weighted by molar-refractivity contribution is 9.10. The molecule has 0 saturated heterocycles. The number of methoxy groups -OCH3 is 2. The lowest BCUT2D eigenvalue weighted by Crippen LogP contribution is -1.95. The summed E-state index contributed by atoms with van der Waals surface area (Å²) in [4.78, 5) is 0. The van der Waals surface area contributed by atoms with Crippen LogP contribution < -0.4 is 14.9 Å². The molecule has 0 spiro atoms. The zero-order valence-corrected chi connectivity index (χ0v) is 13.1. The summed E-state index contributed by atoms with van der Waals surface area (Å²) in [6, 6.07) is 9.55. The SMILES string of the molecule is COc1cc(Br)c(/C=N\Nc2ccc(F)cc2)cc1OC. The van der Waals surface area contributed by atoms with E-state index in [1.54, 1.807) is 44.7 Å². The van der Waals surface area contributed by atoms with Crippen molar-refractivity contribution in [2.75, 3.05) is 19.6 Å². The summed E-state index contributed by atoms with van der Waals surface area (Å²) in [6.45, 7) is 0. The number of nitrogens with one attached hydrogen (secondary N) is 1. The number of rotatable bonds is 5. The standard InChI is InChI=1S/C15H14BrFN2O2/c1-20-14-7-10(13(16)8-15(14)21-2)9-18-19-12-5-3-11(17)4-6-12/h3-9,19H,1-2H3/b18-9-. The molecule has 6 heteroatoms. The summed E-state index contributed by atoms with van der Waals surface area (Å²) in [6.07, 6.45) is 1.63. The average molecular weight is 353 g/mol. The van der Waals surface area contributed by atoms with E-state index in [1.807, 2.05) is 0 Å². The van der Waals surface area contributed by atoms with Crippen LogP contribution in [0.2, 0.25) is 0 Å². The maximum Gasteiger partial charge on any atom is 0.161 e. The van der Waals surface area contributed by atoms with Crippen molar-refractivity contribution in [3.05, 3.63) is 52.3 Å². The van der Waals surface area contributed by atoms with Gasteiger partial charge in [0.25, 0.3) is 0 Å². The lowest BCUT2D eigenvalue weighted by Gasteiger charge is -2.09. The predicted molar refractivity (Wildman–Crippen MR) is 84.9 cm³/mol. The lowest BCUT2D eigenvalue weighted by molar-refractivity contribution is 0.354. The smallest absolute Gasteiger partial charge is 0.161 e. The quantitative estimate of drug-likeness (QED) is 0.651. The first-order valence-electron chi connectivity index (χ1n) is 6.10. The van der Waals surface area contributed by atoms with E-state index < -0.39 is 0 Å². The summed E-state index contributed by atoms with van der Waals surface area (Å²) < 4.78 is 24.1. The lowest BCUT2D eigenvalue weighted by atomic mass is 10.2. The number of benzene rings is 2. The molecule has 0 saturated carbocycles. The zero-order chi connectivity index (χ0) is 15.2. The van der Waals surface area contributed by atoms with Crippen molar-refractivity contribution in [1.29, 1.82) is 0 Å². The molecule has 4 nitrogen and oxygen atoms in total. The summed E-state index contributed by atoms with van der Waals surface area (Å²) in [5.74, 6) is 0.962. The van der Waals surface area contributed by atoms with Crippen LogP contribution in [0, 0.1) is 5.82 Å². The van der Waals surface area contributed by atoms with Crippen LogP contribution >= 0.6 is 15.9 Å². The number of hydrogen-bond acceptors (Lipinski definition) is 4. The molecule has 0 bridgehead atoms. The minimum absolute atomic E-state index is 0.285. The van der Waals surface area contributed by atoms with Gasteiger partial charge >= 0.3 is 0 Å². The van der Waals surface area contributed by atoms with Crippen LogP contribution in [-0.4, -0.2) is 20.4 Å². The third kappa shape index (κ3) is 3.95. The fourth-order valence-corrected chi connectivity index (χ4v) is 2.09. The van der Waals surface area contributed by atoms with Crippen molar-refractivity contribution >= 4 is 27.8 Å². The molecule has 0 radical (unpaired) electrons. The van der Waals surface area contributed by atoms with Crippen molar-refractivity contribution < 1.29 is 13.9 Å². The van der Waals surface area contributed by atoms with Crippen LogP contribution in [0.15, 0.2) is 46.0 Å². The summed E-state index contributed by atoms with van der Waals surface area (Å²) in [5, 5.41) is 4.11. The van der Waals surface area contributed by atoms with E-state index in [0.29, 0.717) is 17.2 Å². The fraction of sp³-hybridized carbons (Fsp3) is 0.133. The Balaban J connectivity index is 2.15. The molecule has 0 amide bonds. The Morgan fingerprint density at radius 3 is 2.33 bits per heavy atom. The fourth-order valence-electron chi connectivity index (χ4n) is 1.67. The zero-order valence-electron chi connectivity index (χ0n) is 11.6. The van der Waals surface area contributed by atoms with Crippen LogP contribution in [-0.2, 0) is 0 Å². The van der Waals surface area contributed by atoms with Crippen LogP contribution in [0.25, 0.3) is 0 Å². The van der Waals surface area contributed by atoms with Gasteiger partial charge in [0.15, 0.2) is 11.5 Å². The Kier molecular flexibility index (Phi) is 5.16. The minimum atomic E-state index is -0.285. The summed E-state index contributed by atoms with van der Waals surface area (Å²) >= 11 is 3.44. The van der Waals surface area contributed by atoms with Gasteiger partial charge in [0.05, 0.1) is 26.1 Å². The molecule has 0 fully saturated rings. The van der Waals surface area contributed by atoms with Crippen LogP contribution in [0.3, 0.4) is 0 Å². The van der Waals surface area contributed by atoms with Gasteiger partial charge in [-0.25, -0.2) is 4.39 Å². The normalized spacial score (nSPS) is 10.7. The third-order valence-electron chi connectivity index (χ3n) is 2.74. The maximum atomic E-state index is 12.8. The van der Waals surface area contributed by atoms with E-state index in [4.69, 9.17) is 9.47 Å². The van der Waals surface area contributed by atoms with E-state index >= 15 is 0 Å². The highest BCUT2D eigenvalue weighted by atomic mass is 79.9. The van der Waals surface area contributed by atoms with Gasteiger partial charge in [0, 0.05) is 10.0 Å². The molecule has 0 heterocycles. The molecule has 0 aliphatic rings. The number of anilines is 1. The van der Waals surface area contributed by atoms with Crippen molar-refractivity contribution in [3.8, 4) is 11.5 Å². The molecular weight excluding hydrogens is 339 g/mol. The number of nitrogens with zero attached hydrogens (tertiary/aromatic N) is 1. The van der Waals surface area contributed by atoms with E-state index in [-0.39, 0.29) is 5.82 Å². The molecule has 2 aromatic rings. The molecule has 0 aliphatic carbocycles. The minimum Gasteiger partial charge on any atom is -0.493 e. The van der Waals surface area contributed by atoms with Crippen molar-refractivity contribution in [1.82, 2.24) is 0 Å². The predicted octanol–water partition coefficient (Wildman–Crippen LogP) is 4.05. The molecule has 0 aliphatic heterocycles. The van der Waals surface area contributed by atoms with Crippen molar-refractivity contribution in [2.45, 2.75) is 0 Å². The van der Waals surface area contributed by atoms with E-state index in [9.17, 15) is 4.39 Å². The van der Waals surface area contributed by atoms with E-state index in [1.165, 1.54) is 12.1 Å². The molecular formula is C15H14BrFN2O2. The summed E-state index contributed by atoms with van der Waals surface area (Å²) in [7, 11) is 3.15. The average Bonchev–Trinajstić information content (AvgIpc) is 2.50. The largest absolute Gasteiger partial charge is 0.493 e. The van der Waals surface area contributed by atoms with Gasteiger partial charge in [-0.1, -0.05) is 0 Å². The van der Waals surface area contributed by atoms with E-state index in [2.05, 4.69) is 26.5 Å². The molecule has 110 valence electrons. The molecule has 0 unspecified atom stereocenters. The Morgan fingerprint density at radius 2 is 1.71 bits per heavy atom. The highest BCUT2D eigenvalue weighted by Crippen LogP contribution is 2.32. The highest BCUT2D eigenvalue weighted by Gasteiger charge is 2.08. The number of halogens is 2. The maximum absolute atomic E-state index is 12.8. The van der Waals surface area contributed by atoms with Crippen LogP contribution in [0.5, 0.6) is 11.5 Å². The Bertz CT molecular complexity index is 645. The Labute approximate surface area is 130 Å². The second kappa shape index (κ2) is 7.08. The second-order valence-corrected chi connectivity index (χ2v) is 4.96. The second-order valence-electron chi connectivity index (χ2n) is 4.11. The first-order chi connectivity index (χ1) is 10.1. The van der Waals surface area contributed by atoms with Gasteiger partial charge in [-0.15, -0.1) is 0 Å².